The molecule has 0 bridgehead atoms. The molecule has 4 heteroatoms. The van der Waals surface area contributed by atoms with Crippen molar-refractivity contribution < 1.29 is 4.39 Å². The summed E-state index contributed by atoms with van der Waals surface area (Å²) in [5, 5.41) is 3.37. The van der Waals surface area contributed by atoms with Gasteiger partial charge in [0.25, 0.3) is 0 Å². The summed E-state index contributed by atoms with van der Waals surface area (Å²) in [6.07, 6.45) is 3.53. The number of hydrogen-bond donors (Lipinski definition) is 1. The van der Waals surface area contributed by atoms with E-state index in [4.69, 9.17) is 0 Å². The average Bonchev–Trinajstić information content (AvgIpc) is 2.37. The van der Waals surface area contributed by atoms with E-state index < -0.39 is 0 Å². The molecule has 18 heavy (non-hydrogen) atoms. The molecule has 1 aromatic carbocycles. The molecule has 0 aliphatic rings. The molecule has 2 aromatic rings. The molecular weight excluding hydrogens is 295 g/mol. The Bertz CT molecular complexity index is 543. The van der Waals surface area contributed by atoms with E-state index in [-0.39, 0.29) is 11.9 Å². The highest BCUT2D eigenvalue weighted by Gasteiger charge is 2.09. The second-order valence-corrected chi connectivity index (χ2v) is 5.08. The Balaban J connectivity index is 2.22. The van der Waals surface area contributed by atoms with Gasteiger partial charge in [-0.05, 0) is 65.2 Å². The highest BCUT2D eigenvalue weighted by atomic mass is 79.9. The lowest BCUT2D eigenvalue weighted by atomic mass is 10.1. The number of benzene rings is 1. The van der Waals surface area contributed by atoms with Gasteiger partial charge in [-0.1, -0.05) is 0 Å². The number of rotatable bonds is 3. The van der Waals surface area contributed by atoms with Gasteiger partial charge in [0, 0.05) is 24.1 Å². The fourth-order valence-electron chi connectivity index (χ4n) is 1.77. The Morgan fingerprint density at radius 3 is 2.61 bits per heavy atom. The summed E-state index contributed by atoms with van der Waals surface area (Å²) < 4.78 is 13.8. The van der Waals surface area contributed by atoms with Crippen LogP contribution in [0.5, 0.6) is 0 Å². The number of halogens is 2. The molecule has 1 unspecified atom stereocenters. The summed E-state index contributed by atoms with van der Waals surface area (Å²) in [4.78, 5) is 3.99. The summed E-state index contributed by atoms with van der Waals surface area (Å²) in [5.41, 5.74) is 2.95. The van der Waals surface area contributed by atoms with Crippen molar-refractivity contribution in [2.75, 3.05) is 5.32 Å². The lowest BCUT2D eigenvalue weighted by molar-refractivity contribution is 0.620. The predicted molar refractivity (Wildman–Crippen MR) is 75.1 cm³/mol. The minimum Gasteiger partial charge on any atom is -0.378 e. The third-order valence-corrected chi connectivity index (χ3v) is 3.45. The van der Waals surface area contributed by atoms with Gasteiger partial charge in [-0.25, -0.2) is 4.39 Å². The van der Waals surface area contributed by atoms with Crippen molar-refractivity contribution in [1.82, 2.24) is 4.98 Å². The maximum Gasteiger partial charge on any atom is 0.137 e. The molecule has 1 N–H and O–H groups in total. The van der Waals surface area contributed by atoms with Crippen molar-refractivity contribution in [3.63, 3.8) is 0 Å². The van der Waals surface area contributed by atoms with Crippen molar-refractivity contribution >= 4 is 21.6 Å². The first-order valence-electron chi connectivity index (χ1n) is 5.70. The quantitative estimate of drug-likeness (QED) is 0.905. The zero-order valence-corrected chi connectivity index (χ0v) is 11.8. The normalized spacial score (nSPS) is 12.2. The van der Waals surface area contributed by atoms with Gasteiger partial charge in [-0.3, -0.25) is 4.98 Å². The standard InChI is InChI=1S/C14H14BrFN2/c1-9-7-13(16)12(15)8-14(9)18-10(2)11-3-5-17-6-4-11/h3-8,10,18H,1-2H3. The number of pyridine rings is 1. The minimum absolute atomic E-state index is 0.143. The van der Waals surface area contributed by atoms with Crippen LogP contribution in [0.15, 0.2) is 41.1 Å². The molecule has 0 aliphatic carbocycles. The maximum atomic E-state index is 13.3. The molecule has 1 atom stereocenters. The highest BCUT2D eigenvalue weighted by Crippen LogP contribution is 2.27. The van der Waals surface area contributed by atoms with Gasteiger partial charge in [0.15, 0.2) is 0 Å². The zero-order chi connectivity index (χ0) is 13.1. The second-order valence-electron chi connectivity index (χ2n) is 4.23. The molecule has 0 amide bonds. The van der Waals surface area contributed by atoms with Crippen LogP contribution in [0.2, 0.25) is 0 Å². The van der Waals surface area contributed by atoms with Crippen LogP contribution in [0.25, 0.3) is 0 Å². The first kappa shape index (κ1) is 13.0. The van der Waals surface area contributed by atoms with Crippen LogP contribution in [0.1, 0.15) is 24.1 Å². The first-order chi connectivity index (χ1) is 8.58. The smallest absolute Gasteiger partial charge is 0.137 e. The Labute approximate surface area is 114 Å². The SMILES string of the molecule is Cc1cc(F)c(Br)cc1NC(C)c1ccncc1. The summed E-state index contributed by atoms with van der Waals surface area (Å²) in [6.45, 7) is 3.95. The van der Waals surface area contributed by atoms with E-state index in [0.29, 0.717) is 4.47 Å². The largest absolute Gasteiger partial charge is 0.378 e. The third kappa shape index (κ3) is 2.88. The van der Waals surface area contributed by atoms with Crippen molar-refractivity contribution in [3.8, 4) is 0 Å². The second kappa shape index (κ2) is 5.48. The third-order valence-electron chi connectivity index (χ3n) is 2.85. The molecule has 2 nitrogen and oxygen atoms in total. The summed E-state index contributed by atoms with van der Waals surface area (Å²) in [6, 6.07) is 7.36. The van der Waals surface area contributed by atoms with Gasteiger partial charge in [0.1, 0.15) is 5.82 Å². The van der Waals surface area contributed by atoms with Crippen LogP contribution in [-0.2, 0) is 0 Å². The van der Waals surface area contributed by atoms with E-state index in [2.05, 4.69) is 33.2 Å². The van der Waals surface area contributed by atoms with Crippen LogP contribution in [-0.4, -0.2) is 4.98 Å². The molecule has 0 saturated carbocycles. The summed E-state index contributed by atoms with van der Waals surface area (Å²) in [7, 11) is 0. The van der Waals surface area contributed by atoms with Crippen molar-refractivity contribution in [3.05, 3.63) is 58.1 Å². The Morgan fingerprint density at radius 2 is 1.94 bits per heavy atom. The van der Waals surface area contributed by atoms with Gasteiger partial charge in [-0.15, -0.1) is 0 Å². The van der Waals surface area contributed by atoms with Crippen LogP contribution in [0.4, 0.5) is 10.1 Å². The molecule has 94 valence electrons. The fourth-order valence-corrected chi connectivity index (χ4v) is 2.11. The average molecular weight is 309 g/mol. The van der Waals surface area contributed by atoms with E-state index >= 15 is 0 Å². The number of nitrogens with zero attached hydrogens (tertiary/aromatic N) is 1. The lowest BCUT2D eigenvalue weighted by Crippen LogP contribution is -2.08. The van der Waals surface area contributed by atoms with E-state index in [9.17, 15) is 4.39 Å². The van der Waals surface area contributed by atoms with Crippen LogP contribution in [0, 0.1) is 12.7 Å². The molecule has 2 rings (SSSR count). The Hall–Kier alpha value is -1.42. The van der Waals surface area contributed by atoms with Crippen molar-refractivity contribution in [2.45, 2.75) is 19.9 Å². The molecule has 1 aromatic heterocycles. The Kier molecular flexibility index (Phi) is 3.97. The van der Waals surface area contributed by atoms with Gasteiger partial charge < -0.3 is 5.32 Å². The molecule has 0 saturated heterocycles. The monoisotopic (exact) mass is 308 g/mol. The molecule has 1 heterocycles. The maximum absolute atomic E-state index is 13.3. The topological polar surface area (TPSA) is 24.9 Å². The van der Waals surface area contributed by atoms with E-state index in [1.165, 1.54) is 6.07 Å². The highest BCUT2D eigenvalue weighted by molar-refractivity contribution is 9.10. The molecular formula is C14H14BrFN2. The van der Waals surface area contributed by atoms with Crippen molar-refractivity contribution in [2.24, 2.45) is 0 Å². The molecule has 0 radical (unpaired) electrons. The fraction of sp³-hybridized carbons (Fsp3) is 0.214. The number of anilines is 1. The van der Waals surface area contributed by atoms with Crippen LogP contribution >= 0.6 is 15.9 Å². The summed E-state index contributed by atoms with van der Waals surface area (Å²) in [5.74, 6) is -0.241. The van der Waals surface area contributed by atoms with E-state index in [1.54, 1.807) is 18.5 Å². The zero-order valence-electron chi connectivity index (χ0n) is 10.2. The van der Waals surface area contributed by atoms with Crippen molar-refractivity contribution in [1.29, 1.82) is 0 Å². The first-order valence-corrected chi connectivity index (χ1v) is 6.49. The van der Waals surface area contributed by atoms with E-state index in [1.807, 2.05) is 19.1 Å². The van der Waals surface area contributed by atoms with Gasteiger partial charge >= 0.3 is 0 Å². The number of aromatic nitrogens is 1. The Morgan fingerprint density at radius 1 is 1.28 bits per heavy atom. The molecule has 0 fully saturated rings. The lowest BCUT2D eigenvalue weighted by Gasteiger charge is -2.17. The van der Waals surface area contributed by atoms with Gasteiger partial charge in [0.05, 0.1) is 4.47 Å². The van der Waals surface area contributed by atoms with E-state index in [0.717, 1.165) is 16.8 Å². The predicted octanol–water partition coefficient (Wildman–Crippen LogP) is 4.46. The van der Waals surface area contributed by atoms with Gasteiger partial charge in [0.2, 0.25) is 0 Å². The minimum atomic E-state index is -0.241. The van der Waals surface area contributed by atoms with Gasteiger partial charge in [-0.2, -0.15) is 0 Å². The van der Waals surface area contributed by atoms with Crippen LogP contribution in [0.3, 0.4) is 0 Å². The molecule has 0 spiro atoms. The number of hydrogen-bond acceptors (Lipinski definition) is 2. The summed E-state index contributed by atoms with van der Waals surface area (Å²) >= 11 is 3.20. The number of nitrogens with one attached hydrogen (secondary N) is 1. The molecule has 0 aliphatic heterocycles. The number of aryl methyl sites for hydroxylation is 1. The van der Waals surface area contributed by atoms with Crippen LogP contribution < -0.4 is 5.32 Å².